The fraction of sp³-hybridized carbons (Fsp3) is 1.00. The van der Waals surface area contributed by atoms with Gasteiger partial charge in [-0.3, -0.25) is 0 Å². The lowest BCUT2D eigenvalue weighted by Gasteiger charge is -2.22. The third-order valence-corrected chi connectivity index (χ3v) is 2.47. The molecule has 0 saturated carbocycles. The second-order valence-electron chi connectivity index (χ2n) is 3.69. The van der Waals surface area contributed by atoms with Gasteiger partial charge in [0.25, 0.3) is 0 Å². The zero-order valence-corrected chi connectivity index (χ0v) is 7.42. The molecule has 2 atom stereocenters. The summed E-state index contributed by atoms with van der Waals surface area (Å²) >= 11 is 0. The first-order valence-electron chi connectivity index (χ1n) is 4.47. The molecule has 11 heavy (non-hydrogen) atoms. The van der Waals surface area contributed by atoms with E-state index in [0.717, 1.165) is 19.4 Å². The molecule has 2 unspecified atom stereocenters. The van der Waals surface area contributed by atoms with Crippen molar-refractivity contribution in [3.63, 3.8) is 0 Å². The van der Waals surface area contributed by atoms with Crippen molar-refractivity contribution in [2.75, 3.05) is 13.2 Å². The van der Waals surface area contributed by atoms with Crippen LogP contribution in [0.5, 0.6) is 0 Å². The van der Waals surface area contributed by atoms with E-state index in [1.165, 1.54) is 0 Å². The van der Waals surface area contributed by atoms with E-state index in [9.17, 15) is 5.11 Å². The molecule has 0 aromatic rings. The maximum atomic E-state index is 9.59. The van der Waals surface area contributed by atoms with Crippen molar-refractivity contribution in [2.24, 2.45) is 11.8 Å². The van der Waals surface area contributed by atoms with Gasteiger partial charge in [0.1, 0.15) is 0 Å². The average Bonchev–Trinajstić information content (AvgIpc) is 2.13. The van der Waals surface area contributed by atoms with E-state index < -0.39 is 0 Å². The lowest BCUT2D eigenvalue weighted by Crippen LogP contribution is -2.27. The van der Waals surface area contributed by atoms with E-state index in [2.05, 4.69) is 13.8 Å². The highest BCUT2D eigenvalue weighted by Crippen LogP contribution is 2.23. The van der Waals surface area contributed by atoms with Crippen molar-refractivity contribution in [1.82, 2.24) is 0 Å². The summed E-state index contributed by atoms with van der Waals surface area (Å²) in [5, 5.41) is 9.59. The Kier molecular flexibility index (Phi) is 3.34. The topological polar surface area (TPSA) is 29.5 Å². The van der Waals surface area contributed by atoms with E-state index >= 15 is 0 Å². The standard InChI is InChI=1S/C9H18O2/c1-7(2)8-4-3-5-11-6-9(8)10/h7-10H,3-6H2,1-2H3. The van der Waals surface area contributed by atoms with Crippen LogP contribution in [-0.4, -0.2) is 24.4 Å². The Morgan fingerprint density at radius 1 is 1.45 bits per heavy atom. The Balaban J connectivity index is 2.45. The second-order valence-corrected chi connectivity index (χ2v) is 3.69. The molecule has 1 rings (SSSR count). The number of rotatable bonds is 1. The van der Waals surface area contributed by atoms with Gasteiger partial charge in [0.2, 0.25) is 0 Å². The van der Waals surface area contributed by atoms with E-state index in [4.69, 9.17) is 4.74 Å². The molecule has 2 heteroatoms. The lowest BCUT2D eigenvalue weighted by atomic mass is 9.87. The van der Waals surface area contributed by atoms with E-state index in [-0.39, 0.29) is 6.10 Å². The quantitative estimate of drug-likeness (QED) is 0.625. The summed E-state index contributed by atoms with van der Waals surface area (Å²) in [7, 11) is 0. The molecular formula is C9H18O2. The van der Waals surface area contributed by atoms with Crippen molar-refractivity contribution in [3.8, 4) is 0 Å². The zero-order chi connectivity index (χ0) is 8.27. The van der Waals surface area contributed by atoms with Gasteiger partial charge >= 0.3 is 0 Å². The Bertz CT molecular complexity index is 112. The third kappa shape index (κ3) is 2.46. The molecular weight excluding hydrogens is 140 g/mol. The smallest absolute Gasteiger partial charge is 0.0804 e. The first-order chi connectivity index (χ1) is 5.22. The molecule has 2 nitrogen and oxygen atoms in total. The van der Waals surface area contributed by atoms with Crippen molar-refractivity contribution >= 4 is 0 Å². The van der Waals surface area contributed by atoms with E-state index in [1.807, 2.05) is 0 Å². The Morgan fingerprint density at radius 2 is 2.18 bits per heavy atom. The van der Waals surface area contributed by atoms with E-state index in [1.54, 1.807) is 0 Å². The summed E-state index contributed by atoms with van der Waals surface area (Å²) in [5.74, 6) is 1.02. The van der Waals surface area contributed by atoms with Crippen LogP contribution in [0, 0.1) is 11.8 Å². The second kappa shape index (κ2) is 4.07. The monoisotopic (exact) mass is 158 g/mol. The predicted molar refractivity (Wildman–Crippen MR) is 44.4 cm³/mol. The predicted octanol–water partition coefficient (Wildman–Crippen LogP) is 1.43. The molecule has 1 heterocycles. The van der Waals surface area contributed by atoms with Gasteiger partial charge in [-0.15, -0.1) is 0 Å². The highest BCUT2D eigenvalue weighted by atomic mass is 16.5. The summed E-state index contributed by atoms with van der Waals surface area (Å²) in [6, 6.07) is 0. The van der Waals surface area contributed by atoms with Crippen LogP contribution >= 0.6 is 0 Å². The fourth-order valence-corrected chi connectivity index (χ4v) is 1.72. The fourth-order valence-electron chi connectivity index (χ4n) is 1.72. The number of aliphatic hydroxyl groups is 1. The molecule has 0 radical (unpaired) electrons. The largest absolute Gasteiger partial charge is 0.390 e. The van der Waals surface area contributed by atoms with Crippen molar-refractivity contribution in [1.29, 1.82) is 0 Å². The van der Waals surface area contributed by atoms with Gasteiger partial charge in [0, 0.05) is 6.61 Å². The maximum Gasteiger partial charge on any atom is 0.0804 e. The summed E-state index contributed by atoms with van der Waals surface area (Å²) in [6.07, 6.45) is 1.97. The van der Waals surface area contributed by atoms with Crippen LogP contribution in [0.3, 0.4) is 0 Å². The Morgan fingerprint density at radius 3 is 2.82 bits per heavy atom. The van der Waals surface area contributed by atoms with Gasteiger partial charge in [-0.1, -0.05) is 13.8 Å². The SMILES string of the molecule is CC(C)C1CCCOCC1O. The number of hydrogen-bond acceptors (Lipinski definition) is 2. The molecule has 1 saturated heterocycles. The van der Waals surface area contributed by atoms with Crippen LogP contribution in [0.25, 0.3) is 0 Å². The van der Waals surface area contributed by atoms with Crippen LogP contribution in [-0.2, 0) is 4.74 Å². The third-order valence-electron chi connectivity index (χ3n) is 2.47. The van der Waals surface area contributed by atoms with Crippen LogP contribution in [0.15, 0.2) is 0 Å². The Hall–Kier alpha value is -0.0800. The van der Waals surface area contributed by atoms with Gasteiger partial charge in [-0.05, 0) is 24.7 Å². The molecule has 66 valence electrons. The minimum Gasteiger partial charge on any atom is -0.390 e. The van der Waals surface area contributed by atoms with Crippen LogP contribution in [0.2, 0.25) is 0 Å². The molecule has 0 bridgehead atoms. The highest BCUT2D eigenvalue weighted by Gasteiger charge is 2.24. The molecule has 0 aromatic heterocycles. The summed E-state index contributed by atoms with van der Waals surface area (Å²) < 4.78 is 5.24. The first kappa shape index (κ1) is 9.01. The minimum atomic E-state index is -0.238. The van der Waals surface area contributed by atoms with Gasteiger partial charge < -0.3 is 9.84 Å². The molecule has 0 amide bonds. The molecule has 1 N–H and O–H groups in total. The van der Waals surface area contributed by atoms with Crippen LogP contribution in [0.1, 0.15) is 26.7 Å². The van der Waals surface area contributed by atoms with Crippen molar-refractivity contribution < 1.29 is 9.84 Å². The molecule has 0 spiro atoms. The van der Waals surface area contributed by atoms with Gasteiger partial charge in [0.05, 0.1) is 12.7 Å². The summed E-state index contributed by atoms with van der Waals surface area (Å²) in [6.45, 7) is 5.68. The number of ether oxygens (including phenoxy) is 1. The maximum absolute atomic E-state index is 9.59. The van der Waals surface area contributed by atoms with Crippen molar-refractivity contribution in [2.45, 2.75) is 32.8 Å². The Labute approximate surface area is 68.6 Å². The number of aliphatic hydroxyl groups excluding tert-OH is 1. The van der Waals surface area contributed by atoms with Crippen LogP contribution < -0.4 is 0 Å². The normalized spacial score (nSPS) is 33.8. The average molecular weight is 158 g/mol. The molecule has 1 fully saturated rings. The minimum absolute atomic E-state index is 0.238. The van der Waals surface area contributed by atoms with Crippen LogP contribution in [0.4, 0.5) is 0 Å². The number of hydrogen-bond donors (Lipinski definition) is 1. The first-order valence-corrected chi connectivity index (χ1v) is 4.47. The molecule has 1 aliphatic rings. The van der Waals surface area contributed by atoms with Gasteiger partial charge in [-0.2, -0.15) is 0 Å². The van der Waals surface area contributed by atoms with E-state index in [0.29, 0.717) is 18.4 Å². The van der Waals surface area contributed by atoms with Crippen molar-refractivity contribution in [3.05, 3.63) is 0 Å². The summed E-state index contributed by atoms with van der Waals surface area (Å²) in [5.41, 5.74) is 0. The molecule has 1 aliphatic heterocycles. The van der Waals surface area contributed by atoms with Gasteiger partial charge in [0.15, 0.2) is 0 Å². The lowest BCUT2D eigenvalue weighted by molar-refractivity contribution is 0.0151. The highest BCUT2D eigenvalue weighted by molar-refractivity contribution is 4.73. The molecule has 0 aromatic carbocycles. The van der Waals surface area contributed by atoms with Gasteiger partial charge in [-0.25, -0.2) is 0 Å². The summed E-state index contributed by atoms with van der Waals surface area (Å²) in [4.78, 5) is 0. The molecule has 0 aliphatic carbocycles. The zero-order valence-electron chi connectivity index (χ0n) is 7.42.